The number of hydrogen-bond acceptors (Lipinski definition) is 2. The largest absolute Gasteiger partial charge is 0.332 e. The Morgan fingerprint density at radius 3 is 2.71 bits per heavy atom. The van der Waals surface area contributed by atoms with Crippen LogP contribution in [0.5, 0.6) is 0 Å². The lowest BCUT2D eigenvalue weighted by Crippen LogP contribution is -2.44. The lowest BCUT2D eigenvalue weighted by atomic mass is 9.80. The highest BCUT2D eigenvalue weighted by Crippen LogP contribution is 2.54. The highest BCUT2D eigenvalue weighted by Gasteiger charge is 2.62. The van der Waals surface area contributed by atoms with Gasteiger partial charge in [-0.1, -0.05) is 6.07 Å². The van der Waals surface area contributed by atoms with Crippen molar-refractivity contribution >= 4 is 5.91 Å². The Bertz CT molecular complexity index is 584. The molecule has 5 heteroatoms. The number of halogens is 2. The van der Waals surface area contributed by atoms with Gasteiger partial charge in [0.15, 0.2) is 0 Å². The third kappa shape index (κ3) is 2.05. The van der Waals surface area contributed by atoms with Crippen LogP contribution in [0.2, 0.25) is 0 Å². The van der Waals surface area contributed by atoms with Crippen molar-refractivity contribution in [1.29, 1.82) is 0 Å². The minimum absolute atomic E-state index is 0.0705. The van der Waals surface area contributed by atoms with E-state index in [0.29, 0.717) is 0 Å². The average molecular weight is 294 g/mol. The third-order valence-corrected chi connectivity index (χ3v) is 5.10. The van der Waals surface area contributed by atoms with Crippen molar-refractivity contribution in [3.05, 3.63) is 29.6 Å². The zero-order valence-electron chi connectivity index (χ0n) is 12.6. The van der Waals surface area contributed by atoms with Crippen molar-refractivity contribution in [2.45, 2.75) is 58.0 Å². The second kappa shape index (κ2) is 4.49. The quantitative estimate of drug-likeness (QED) is 0.836. The fraction of sp³-hybridized carbons (Fsp3) is 0.625. The lowest BCUT2D eigenvalue weighted by Gasteiger charge is -2.31. The Labute approximate surface area is 123 Å². The second-order valence-corrected chi connectivity index (χ2v) is 6.68. The molecular weight excluding hydrogens is 274 g/mol. The van der Waals surface area contributed by atoms with E-state index in [-0.39, 0.29) is 18.5 Å². The van der Waals surface area contributed by atoms with Crippen LogP contribution in [0.3, 0.4) is 0 Å². The maximum Gasteiger partial charge on any atom is 0.259 e. The Morgan fingerprint density at radius 2 is 2.10 bits per heavy atom. The zero-order valence-corrected chi connectivity index (χ0v) is 12.6. The molecule has 21 heavy (non-hydrogen) atoms. The number of amides is 1. The Morgan fingerprint density at radius 1 is 1.38 bits per heavy atom. The van der Waals surface area contributed by atoms with Gasteiger partial charge in [0.05, 0.1) is 6.04 Å². The summed E-state index contributed by atoms with van der Waals surface area (Å²) in [4.78, 5) is 18.5. The summed E-state index contributed by atoms with van der Waals surface area (Å²) < 4.78 is 27.8. The zero-order chi connectivity index (χ0) is 15.4. The van der Waals surface area contributed by atoms with Crippen LogP contribution >= 0.6 is 0 Å². The number of aryl methyl sites for hydroxylation is 1. The molecule has 2 fully saturated rings. The smallest absolute Gasteiger partial charge is 0.259 e. The molecular formula is C16H20F2N2O. The summed E-state index contributed by atoms with van der Waals surface area (Å²) in [5.74, 6) is -3.41. The van der Waals surface area contributed by atoms with Gasteiger partial charge in [0.1, 0.15) is 5.41 Å². The number of carbonyl (C=O) groups is 1. The fourth-order valence-corrected chi connectivity index (χ4v) is 3.69. The maximum atomic E-state index is 13.9. The van der Waals surface area contributed by atoms with Gasteiger partial charge in [-0.15, -0.1) is 0 Å². The summed E-state index contributed by atoms with van der Waals surface area (Å²) in [6, 6.07) is 1.81. The van der Waals surface area contributed by atoms with Crippen molar-refractivity contribution in [3.8, 4) is 0 Å². The number of carbonyl (C=O) groups excluding carboxylic acids is 1. The van der Waals surface area contributed by atoms with Gasteiger partial charge in [-0.05, 0) is 44.2 Å². The first-order chi connectivity index (χ1) is 9.74. The molecule has 2 aliphatic heterocycles. The van der Waals surface area contributed by atoms with Gasteiger partial charge in [0.2, 0.25) is 5.91 Å². The first-order valence-corrected chi connectivity index (χ1v) is 7.36. The molecule has 2 unspecified atom stereocenters. The molecule has 2 saturated heterocycles. The molecule has 3 heterocycles. The number of fused-ring (bicyclic) bond motifs is 1. The number of alkyl halides is 2. The van der Waals surface area contributed by atoms with E-state index in [4.69, 9.17) is 0 Å². The summed E-state index contributed by atoms with van der Waals surface area (Å²) in [5, 5.41) is 0. The molecule has 0 aromatic carbocycles. The first kappa shape index (κ1) is 14.4. The van der Waals surface area contributed by atoms with Gasteiger partial charge >= 0.3 is 0 Å². The van der Waals surface area contributed by atoms with Crippen molar-refractivity contribution in [2.75, 3.05) is 0 Å². The molecule has 3 nitrogen and oxygen atoms in total. The van der Waals surface area contributed by atoms with Gasteiger partial charge in [-0.3, -0.25) is 9.78 Å². The highest BCUT2D eigenvalue weighted by atomic mass is 19.3. The molecule has 0 bridgehead atoms. The normalized spacial score (nSPS) is 32.6. The van der Waals surface area contributed by atoms with Crippen molar-refractivity contribution in [3.63, 3.8) is 0 Å². The Kier molecular flexibility index (Phi) is 3.08. The van der Waals surface area contributed by atoms with E-state index < -0.39 is 17.2 Å². The standard InChI is InChI=1S/C16H20F2N2O/c1-10-6-11(9-19-8-10)13-5-4-12-7-15(2,16(3,17)18)14(21)20(12)13/h6,8-9,12-13H,4-5,7H2,1-3H3/t12-,13?,15?/m0/s1. The van der Waals surface area contributed by atoms with E-state index in [1.54, 1.807) is 17.3 Å². The third-order valence-electron chi connectivity index (χ3n) is 5.10. The molecule has 0 saturated carbocycles. The molecule has 3 rings (SSSR count). The van der Waals surface area contributed by atoms with Gasteiger partial charge in [-0.2, -0.15) is 0 Å². The van der Waals surface area contributed by atoms with E-state index in [9.17, 15) is 13.6 Å². The number of aromatic nitrogens is 1. The molecule has 1 aromatic rings. The summed E-state index contributed by atoms with van der Waals surface area (Å²) in [5.41, 5.74) is 0.397. The molecule has 0 N–H and O–H groups in total. The predicted molar refractivity (Wildman–Crippen MR) is 74.9 cm³/mol. The van der Waals surface area contributed by atoms with Crippen LogP contribution in [-0.2, 0) is 4.79 Å². The Hall–Kier alpha value is -1.52. The van der Waals surface area contributed by atoms with E-state index in [1.165, 1.54) is 6.92 Å². The summed E-state index contributed by atoms with van der Waals surface area (Å²) in [6.45, 7) is 4.20. The Balaban J connectivity index is 1.95. The van der Waals surface area contributed by atoms with Gasteiger partial charge in [0.25, 0.3) is 5.92 Å². The van der Waals surface area contributed by atoms with Crippen LogP contribution in [0.25, 0.3) is 0 Å². The molecule has 3 atom stereocenters. The SMILES string of the molecule is Cc1cncc(C2CC[C@H]3CC(C)(C(C)(F)F)C(=O)N23)c1. The van der Waals surface area contributed by atoms with E-state index >= 15 is 0 Å². The maximum absolute atomic E-state index is 13.9. The summed E-state index contributed by atoms with van der Waals surface area (Å²) >= 11 is 0. The minimum atomic E-state index is -3.00. The molecule has 1 amide bonds. The predicted octanol–water partition coefficient (Wildman–Crippen LogP) is 3.49. The summed E-state index contributed by atoms with van der Waals surface area (Å²) in [6.07, 6.45) is 5.35. The fourth-order valence-electron chi connectivity index (χ4n) is 3.69. The number of rotatable bonds is 2. The molecule has 2 aliphatic rings. The van der Waals surface area contributed by atoms with Gasteiger partial charge < -0.3 is 4.90 Å². The number of hydrogen-bond donors (Lipinski definition) is 0. The van der Waals surface area contributed by atoms with E-state index in [0.717, 1.165) is 30.9 Å². The van der Waals surface area contributed by atoms with Gasteiger partial charge in [-0.25, -0.2) is 8.78 Å². The van der Waals surface area contributed by atoms with Crippen LogP contribution in [-0.4, -0.2) is 27.8 Å². The molecule has 0 radical (unpaired) electrons. The van der Waals surface area contributed by atoms with Crippen LogP contribution < -0.4 is 0 Å². The number of pyridine rings is 1. The minimum Gasteiger partial charge on any atom is -0.332 e. The van der Waals surface area contributed by atoms with E-state index in [1.807, 2.05) is 13.0 Å². The van der Waals surface area contributed by atoms with Crippen molar-refractivity contribution < 1.29 is 13.6 Å². The van der Waals surface area contributed by atoms with Crippen molar-refractivity contribution in [1.82, 2.24) is 9.88 Å². The topological polar surface area (TPSA) is 33.2 Å². The molecule has 1 aromatic heterocycles. The van der Waals surface area contributed by atoms with Gasteiger partial charge in [0, 0.05) is 25.4 Å². The first-order valence-electron chi connectivity index (χ1n) is 7.36. The average Bonchev–Trinajstić information content (AvgIpc) is 2.89. The molecule has 0 spiro atoms. The van der Waals surface area contributed by atoms with Crippen LogP contribution in [0.1, 0.15) is 50.3 Å². The lowest BCUT2D eigenvalue weighted by molar-refractivity contribution is -0.156. The summed E-state index contributed by atoms with van der Waals surface area (Å²) in [7, 11) is 0. The highest BCUT2D eigenvalue weighted by molar-refractivity contribution is 5.87. The molecule has 114 valence electrons. The number of nitrogens with zero attached hydrogens (tertiary/aromatic N) is 2. The van der Waals surface area contributed by atoms with Crippen LogP contribution in [0.4, 0.5) is 8.78 Å². The molecule has 0 aliphatic carbocycles. The monoisotopic (exact) mass is 294 g/mol. The van der Waals surface area contributed by atoms with Crippen LogP contribution in [0.15, 0.2) is 18.5 Å². The second-order valence-electron chi connectivity index (χ2n) is 6.68. The van der Waals surface area contributed by atoms with E-state index in [2.05, 4.69) is 4.98 Å². The van der Waals surface area contributed by atoms with Crippen molar-refractivity contribution in [2.24, 2.45) is 5.41 Å². The van der Waals surface area contributed by atoms with Crippen LogP contribution in [0, 0.1) is 12.3 Å².